The quantitative estimate of drug-likeness (QED) is 0.866. The number of hydrogen-bond acceptors (Lipinski definition) is 2. The van der Waals surface area contributed by atoms with Crippen molar-refractivity contribution in [2.75, 3.05) is 0 Å². The molecule has 4 nitrogen and oxygen atoms in total. The van der Waals surface area contributed by atoms with Crippen molar-refractivity contribution in [1.82, 2.24) is 10.2 Å². The molecule has 0 saturated carbocycles. The number of piperidine rings is 1. The summed E-state index contributed by atoms with van der Waals surface area (Å²) in [4.78, 5) is 26.2. The Morgan fingerprint density at radius 2 is 2.00 bits per heavy atom. The first kappa shape index (κ1) is 15.7. The topological polar surface area (TPSA) is 49.4 Å². The van der Waals surface area contributed by atoms with E-state index in [1.165, 1.54) is 11.0 Å². The van der Waals surface area contributed by atoms with Crippen LogP contribution in [0.4, 0.5) is 4.39 Å². The lowest BCUT2D eigenvalue weighted by Crippen LogP contribution is -2.49. The van der Waals surface area contributed by atoms with Crippen molar-refractivity contribution in [3.05, 3.63) is 46.9 Å². The van der Waals surface area contributed by atoms with Crippen molar-refractivity contribution in [2.45, 2.75) is 51.6 Å². The molecule has 1 aromatic rings. The minimum atomic E-state index is -0.558. The number of carbonyl (C=O) groups is 2. The molecule has 1 unspecified atom stereocenters. The van der Waals surface area contributed by atoms with Crippen LogP contribution in [-0.2, 0) is 16.8 Å². The van der Waals surface area contributed by atoms with Crippen LogP contribution in [0.3, 0.4) is 0 Å². The van der Waals surface area contributed by atoms with Gasteiger partial charge in [0.05, 0.1) is 5.56 Å². The fraction of sp³-hybridized carbons (Fsp3) is 0.444. The van der Waals surface area contributed by atoms with Gasteiger partial charge in [-0.15, -0.1) is 0 Å². The normalized spacial score (nSPS) is 21.5. The van der Waals surface area contributed by atoms with E-state index >= 15 is 0 Å². The molecule has 23 heavy (non-hydrogen) atoms. The summed E-state index contributed by atoms with van der Waals surface area (Å²) >= 11 is 0. The van der Waals surface area contributed by atoms with Crippen molar-refractivity contribution in [3.8, 4) is 0 Å². The molecular weight excluding hydrogens is 295 g/mol. The van der Waals surface area contributed by atoms with E-state index in [2.05, 4.69) is 11.9 Å². The van der Waals surface area contributed by atoms with Gasteiger partial charge in [-0.05, 0) is 35.4 Å². The molecular formula is C18H21FN2O2. The van der Waals surface area contributed by atoms with Gasteiger partial charge in [0.1, 0.15) is 11.9 Å². The summed E-state index contributed by atoms with van der Waals surface area (Å²) in [5.41, 5.74) is 2.08. The lowest BCUT2D eigenvalue weighted by molar-refractivity contribution is -0.126. The van der Waals surface area contributed by atoms with E-state index in [1.807, 2.05) is 26.8 Å². The highest BCUT2D eigenvalue weighted by molar-refractivity contribution is 6.01. The van der Waals surface area contributed by atoms with Crippen molar-refractivity contribution in [3.63, 3.8) is 0 Å². The molecule has 2 heterocycles. The van der Waals surface area contributed by atoms with Crippen molar-refractivity contribution in [2.24, 2.45) is 0 Å². The first-order chi connectivity index (χ1) is 10.7. The van der Waals surface area contributed by atoms with Gasteiger partial charge in [-0.2, -0.15) is 0 Å². The summed E-state index contributed by atoms with van der Waals surface area (Å²) < 4.78 is 14.5. The third kappa shape index (κ3) is 2.64. The van der Waals surface area contributed by atoms with Crippen molar-refractivity contribution < 1.29 is 14.0 Å². The Morgan fingerprint density at radius 1 is 1.30 bits per heavy atom. The highest BCUT2D eigenvalue weighted by Crippen LogP contribution is 2.33. The smallest absolute Gasteiger partial charge is 0.258 e. The number of amides is 2. The van der Waals surface area contributed by atoms with E-state index in [0.717, 1.165) is 5.56 Å². The monoisotopic (exact) mass is 316 g/mol. The van der Waals surface area contributed by atoms with Crippen LogP contribution in [-0.4, -0.2) is 22.8 Å². The van der Waals surface area contributed by atoms with Gasteiger partial charge in [0.25, 0.3) is 5.91 Å². The van der Waals surface area contributed by atoms with Gasteiger partial charge in [0.15, 0.2) is 0 Å². The maximum atomic E-state index is 14.5. The summed E-state index contributed by atoms with van der Waals surface area (Å²) in [5.74, 6) is -1.13. The van der Waals surface area contributed by atoms with Gasteiger partial charge in [-0.3, -0.25) is 9.59 Å². The fourth-order valence-electron chi connectivity index (χ4n) is 3.17. The van der Waals surface area contributed by atoms with Gasteiger partial charge in [0, 0.05) is 12.2 Å². The largest absolute Gasteiger partial charge is 0.329 e. The van der Waals surface area contributed by atoms with Crippen molar-refractivity contribution in [1.29, 1.82) is 0 Å². The number of nitrogens with one attached hydrogen (secondary N) is 1. The summed E-state index contributed by atoms with van der Waals surface area (Å²) in [7, 11) is 0. The predicted octanol–water partition coefficient (Wildman–Crippen LogP) is 2.87. The summed E-state index contributed by atoms with van der Waals surface area (Å²) in [6, 6.07) is 2.76. The Labute approximate surface area is 135 Å². The first-order valence-electron chi connectivity index (χ1n) is 7.81. The maximum Gasteiger partial charge on any atom is 0.258 e. The molecule has 1 saturated heterocycles. The predicted molar refractivity (Wildman–Crippen MR) is 85.3 cm³/mol. The summed E-state index contributed by atoms with van der Waals surface area (Å²) in [6.07, 6.45) is 1.16. The molecule has 5 heteroatoms. The number of nitrogens with zero attached hydrogens (tertiary/aromatic N) is 1. The van der Waals surface area contributed by atoms with Crippen LogP contribution in [0.15, 0.2) is 24.4 Å². The zero-order valence-electron chi connectivity index (χ0n) is 13.7. The van der Waals surface area contributed by atoms with E-state index < -0.39 is 17.8 Å². The highest BCUT2D eigenvalue weighted by atomic mass is 19.1. The van der Waals surface area contributed by atoms with E-state index in [4.69, 9.17) is 0 Å². The van der Waals surface area contributed by atoms with E-state index in [0.29, 0.717) is 24.1 Å². The Balaban J connectivity index is 1.94. The average molecular weight is 316 g/mol. The number of benzene rings is 1. The zero-order valence-corrected chi connectivity index (χ0v) is 13.7. The number of fused-ring (bicyclic) bond motifs is 1. The molecule has 1 atom stereocenters. The molecule has 0 bridgehead atoms. The third-order valence-electron chi connectivity index (χ3n) is 4.55. The number of hydrogen-bond donors (Lipinski definition) is 1. The average Bonchev–Trinajstić information content (AvgIpc) is 2.75. The van der Waals surface area contributed by atoms with Gasteiger partial charge >= 0.3 is 0 Å². The lowest BCUT2D eigenvalue weighted by Gasteiger charge is -2.30. The Bertz CT molecular complexity index is 718. The standard InChI is InChI=1S/C18H21FN2O2/c1-10-5-6-14(16(22)20-10)21-9-11-7-12(18(2,3)4)8-13(19)15(11)17(21)23/h7-8,14H,1,5-6,9H2,2-4H3,(H,20,22). The second-order valence-corrected chi connectivity index (χ2v) is 7.32. The molecule has 2 aliphatic heterocycles. The fourth-order valence-corrected chi connectivity index (χ4v) is 3.17. The van der Waals surface area contributed by atoms with Crippen molar-refractivity contribution >= 4 is 11.8 Å². The van der Waals surface area contributed by atoms with Crippen LogP contribution in [0.25, 0.3) is 0 Å². The molecule has 1 aromatic carbocycles. The zero-order chi connectivity index (χ0) is 16.9. The van der Waals surface area contributed by atoms with E-state index in [-0.39, 0.29) is 23.4 Å². The molecule has 1 fully saturated rings. The molecule has 2 aliphatic rings. The second-order valence-electron chi connectivity index (χ2n) is 7.32. The Hall–Kier alpha value is -2.17. The molecule has 3 rings (SSSR count). The van der Waals surface area contributed by atoms with Gasteiger partial charge < -0.3 is 10.2 Å². The van der Waals surface area contributed by atoms with Gasteiger partial charge in [0.2, 0.25) is 5.91 Å². The summed E-state index contributed by atoms with van der Waals surface area (Å²) in [5, 5.41) is 2.68. The maximum absolute atomic E-state index is 14.5. The van der Waals surface area contributed by atoms with Crippen LogP contribution in [0, 0.1) is 5.82 Å². The number of rotatable bonds is 1. The Kier molecular flexibility index (Phi) is 3.54. The van der Waals surface area contributed by atoms with Crippen LogP contribution < -0.4 is 5.32 Å². The van der Waals surface area contributed by atoms with Crippen LogP contribution in [0.5, 0.6) is 0 Å². The highest BCUT2D eigenvalue weighted by Gasteiger charge is 2.40. The molecule has 0 aromatic heterocycles. The van der Waals surface area contributed by atoms with Gasteiger partial charge in [-0.1, -0.05) is 33.4 Å². The molecule has 2 amide bonds. The number of halogens is 1. The van der Waals surface area contributed by atoms with Gasteiger partial charge in [-0.25, -0.2) is 4.39 Å². The SMILES string of the molecule is C=C1CCC(N2Cc3cc(C(C)(C)C)cc(F)c3C2=O)C(=O)N1. The molecule has 0 spiro atoms. The van der Waals surface area contributed by atoms with E-state index in [1.54, 1.807) is 0 Å². The van der Waals surface area contributed by atoms with Crippen LogP contribution in [0.2, 0.25) is 0 Å². The third-order valence-corrected chi connectivity index (χ3v) is 4.55. The number of allylic oxidation sites excluding steroid dienone is 1. The van der Waals surface area contributed by atoms with Crippen LogP contribution >= 0.6 is 0 Å². The molecule has 0 aliphatic carbocycles. The van der Waals surface area contributed by atoms with Crippen LogP contribution in [0.1, 0.15) is 55.1 Å². The lowest BCUT2D eigenvalue weighted by atomic mass is 9.85. The molecule has 122 valence electrons. The van der Waals surface area contributed by atoms with E-state index in [9.17, 15) is 14.0 Å². The second kappa shape index (κ2) is 5.18. The minimum absolute atomic E-state index is 0.107. The molecule has 0 radical (unpaired) electrons. The minimum Gasteiger partial charge on any atom is -0.329 e. The Morgan fingerprint density at radius 3 is 2.61 bits per heavy atom. The summed E-state index contributed by atoms with van der Waals surface area (Å²) in [6.45, 7) is 10.0. The number of carbonyl (C=O) groups excluding carboxylic acids is 2. The first-order valence-corrected chi connectivity index (χ1v) is 7.81. The molecule has 1 N–H and O–H groups in total.